The van der Waals surface area contributed by atoms with Crippen molar-refractivity contribution >= 4 is 29.8 Å². The zero-order valence-corrected chi connectivity index (χ0v) is 5.63. The molecular formula is CH4ClNSi2. The smallest absolute Gasteiger partial charge is 0.238 e. The Morgan fingerprint density at radius 2 is 2.20 bits per heavy atom. The van der Waals surface area contributed by atoms with Crippen molar-refractivity contribution in [3.05, 3.63) is 0 Å². The van der Waals surface area contributed by atoms with Gasteiger partial charge in [0.2, 0.25) is 8.27 Å². The predicted octanol–water partition coefficient (Wildman–Crippen LogP) is 0.0163. The highest BCUT2D eigenvalue weighted by Crippen LogP contribution is 1.74. The van der Waals surface area contributed by atoms with Crippen LogP contribution in [0.15, 0.2) is 0 Å². The molecule has 0 heterocycles. The van der Waals surface area contributed by atoms with E-state index in [1.54, 1.807) is 0 Å². The second-order valence-electron chi connectivity index (χ2n) is 0.658. The Morgan fingerprint density at radius 3 is 2.20 bits per heavy atom. The summed E-state index contributed by atoms with van der Waals surface area (Å²) in [6.07, 6.45) is 0. The fourth-order valence-corrected chi connectivity index (χ4v) is 0. The summed E-state index contributed by atoms with van der Waals surface area (Å²) >= 11 is 5.40. The molecule has 0 saturated carbocycles. The lowest BCUT2D eigenvalue weighted by atomic mass is 11.9. The molecule has 0 aliphatic carbocycles. The second-order valence-corrected chi connectivity index (χ2v) is 4.43. The number of nitrogens with one attached hydrogen (secondary N) is 1. The van der Waals surface area contributed by atoms with Crippen LogP contribution in [0.5, 0.6) is 0 Å². The van der Waals surface area contributed by atoms with Gasteiger partial charge in [0.15, 0.2) is 0 Å². The molecule has 0 aliphatic heterocycles. The van der Waals surface area contributed by atoms with Crippen molar-refractivity contribution in [1.82, 2.24) is 4.65 Å². The van der Waals surface area contributed by atoms with Gasteiger partial charge in [0, 0.05) is 0 Å². The van der Waals surface area contributed by atoms with E-state index < -0.39 is 8.27 Å². The third-order valence-electron chi connectivity index (χ3n) is 0.172. The fourth-order valence-electron chi connectivity index (χ4n) is 0. The molecule has 28 valence electrons. The Balaban J connectivity index is 2.54. The lowest BCUT2D eigenvalue weighted by Crippen LogP contribution is -2.20. The number of halogens is 1. The van der Waals surface area contributed by atoms with Crippen LogP contribution in [-0.2, 0) is 0 Å². The van der Waals surface area contributed by atoms with Gasteiger partial charge in [-0.2, -0.15) is 0 Å². The first kappa shape index (κ1) is 5.68. The first-order chi connectivity index (χ1) is 2.27. The molecule has 0 unspecified atom stereocenters. The number of hydrogen-bond donors (Lipinski definition) is 1. The van der Waals surface area contributed by atoms with Crippen molar-refractivity contribution in [3.8, 4) is 0 Å². The van der Waals surface area contributed by atoms with Crippen LogP contribution in [0.3, 0.4) is 0 Å². The van der Waals surface area contributed by atoms with Gasteiger partial charge in [0.25, 0.3) is 0 Å². The summed E-state index contributed by atoms with van der Waals surface area (Å²) in [4.78, 5) is 0. The van der Waals surface area contributed by atoms with Crippen LogP contribution >= 0.6 is 11.1 Å². The van der Waals surface area contributed by atoms with Crippen LogP contribution in [0.25, 0.3) is 0 Å². The molecule has 0 spiro atoms. The van der Waals surface area contributed by atoms with Gasteiger partial charge in [-0.15, -0.1) is 11.1 Å². The summed E-state index contributed by atoms with van der Waals surface area (Å²) < 4.78 is 2.70. The molecule has 0 aromatic heterocycles. The van der Waals surface area contributed by atoms with E-state index in [0.29, 0.717) is 0 Å². The van der Waals surface area contributed by atoms with E-state index in [-0.39, 0.29) is 0 Å². The fraction of sp³-hybridized carbons (Fsp3) is 1.00. The standard InChI is InChI=1S/CH4ClNSi2/c1-5(2)3-4/h3H,1H3. The highest BCUT2D eigenvalue weighted by Gasteiger charge is 1.87. The average Bonchev–Trinajstić information content (AvgIpc) is 1.38. The van der Waals surface area contributed by atoms with Crippen molar-refractivity contribution in [3.63, 3.8) is 0 Å². The molecular weight excluding hydrogens is 118 g/mol. The van der Waals surface area contributed by atoms with E-state index in [9.17, 15) is 0 Å². The minimum Gasteiger partial charge on any atom is -0.351 e. The van der Waals surface area contributed by atoms with Gasteiger partial charge in [-0.1, -0.05) is 0 Å². The largest absolute Gasteiger partial charge is 0.351 e. The van der Waals surface area contributed by atoms with Crippen LogP contribution in [-0.4, -0.2) is 18.7 Å². The topological polar surface area (TPSA) is 12.0 Å². The van der Waals surface area contributed by atoms with Gasteiger partial charge in [0.05, 0.1) is 0 Å². The maximum absolute atomic E-state index is 5.40. The Bertz CT molecular complexity index is 23.6. The monoisotopic (exact) mass is 121 g/mol. The SMILES string of the molecule is C[Si](Cl)N[Si]. The Hall–Kier alpha value is 0.684. The normalized spacial score (nSPS) is 9.60. The van der Waals surface area contributed by atoms with Crippen LogP contribution in [0.2, 0.25) is 6.55 Å². The van der Waals surface area contributed by atoms with Gasteiger partial charge in [-0.05, 0) is 6.55 Å². The maximum atomic E-state index is 5.40. The van der Waals surface area contributed by atoms with Crippen LogP contribution in [0, 0.1) is 0 Å². The first-order valence-corrected chi connectivity index (χ1v) is 4.70. The molecule has 0 fully saturated rings. The molecule has 1 nitrogen and oxygen atoms in total. The molecule has 0 aromatic carbocycles. The van der Waals surface area contributed by atoms with Crippen molar-refractivity contribution in [1.29, 1.82) is 0 Å². The maximum Gasteiger partial charge on any atom is 0.238 e. The van der Waals surface area contributed by atoms with Crippen molar-refractivity contribution in [2.75, 3.05) is 0 Å². The van der Waals surface area contributed by atoms with Crippen LogP contribution in [0.4, 0.5) is 0 Å². The molecule has 5 heavy (non-hydrogen) atoms. The van der Waals surface area contributed by atoms with E-state index in [2.05, 4.69) is 15.1 Å². The summed E-state index contributed by atoms with van der Waals surface area (Å²) in [7, 11) is 2.28. The lowest BCUT2D eigenvalue weighted by Gasteiger charge is -1.87. The first-order valence-electron chi connectivity index (χ1n) is 1.19. The Morgan fingerprint density at radius 1 is 2.00 bits per heavy atom. The third kappa shape index (κ3) is 4.68. The Labute approximate surface area is 41.6 Å². The third-order valence-corrected chi connectivity index (χ3v) is 2.40. The molecule has 0 saturated heterocycles. The molecule has 1 N–H and O–H groups in total. The minimum absolute atomic E-state index is 0.738. The average molecular weight is 122 g/mol. The highest BCUT2D eigenvalue weighted by molar-refractivity contribution is 7.06. The molecule has 0 bridgehead atoms. The van der Waals surface area contributed by atoms with Crippen LogP contribution < -0.4 is 4.65 Å². The summed E-state index contributed by atoms with van der Waals surface area (Å²) in [5.74, 6) is 0. The van der Waals surface area contributed by atoms with E-state index in [1.807, 2.05) is 6.55 Å². The van der Waals surface area contributed by atoms with Gasteiger partial charge in [-0.25, -0.2) is 0 Å². The molecule has 0 atom stereocenters. The van der Waals surface area contributed by atoms with Gasteiger partial charge in [0.1, 0.15) is 10.4 Å². The molecule has 4 radical (unpaired) electrons. The van der Waals surface area contributed by atoms with E-state index in [1.165, 1.54) is 0 Å². The van der Waals surface area contributed by atoms with Crippen molar-refractivity contribution in [2.45, 2.75) is 6.55 Å². The highest BCUT2D eigenvalue weighted by atomic mass is 35.6. The van der Waals surface area contributed by atoms with Crippen LogP contribution in [0.1, 0.15) is 0 Å². The summed E-state index contributed by atoms with van der Waals surface area (Å²) in [5.41, 5.74) is 0. The van der Waals surface area contributed by atoms with E-state index in [4.69, 9.17) is 11.1 Å². The van der Waals surface area contributed by atoms with E-state index in [0.717, 1.165) is 0 Å². The zero-order chi connectivity index (χ0) is 4.28. The van der Waals surface area contributed by atoms with E-state index >= 15 is 0 Å². The van der Waals surface area contributed by atoms with Crippen molar-refractivity contribution < 1.29 is 0 Å². The molecule has 0 aromatic rings. The molecule has 0 rings (SSSR count). The second kappa shape index (κ2) is 2.90. The quantitative estimate of drug-likeness (QED) is 0.381. The summed E-state index contributed by atoms with van der Waals surface area (Å²) in [5, 5.41) is 0. The summed E-state index contributed by atoms with van der Waals surface area (Å²) in [6.45, 7) is 1.93. The Kier molecular flexibility index (Phi) is 3.29. The molecule has 0 aliphatic rings. The minimum atomic E-state index is -0.738. The number of rotatable bonds is 1. The van der Waals surface area contributed by atoms with Crippen molar-refractivity contribution in [2.24, 2.45) is 0 Å². The molecule has 4 heteroatoms. The summed E-state index contributed by atoms with van der Waals surface area (Å²) in [6, 6.07) is 0. The van der Waals surface area contributed by atoms with Gasteiger partial charge in [-0.3, -0.25) is 0 Å². The zero-order valence-electron chi connectivity index (χ0n) is 2.88. The predicted molar refractivity (Wildman–Crippen MR) is 26.4 cm³/mol. The molecule has 0 amide bonds. The lowest BCUT2D eigenvalue weighted by molar-refractivity contribution is 1.60. The van der Waals surface area contributed by atoms with Gasteiger partial charge >= 0.3 is 0 Å². The number of hydrogen-bond acceptors (Lipinski definition) is 1. The van der Waals surface area contributed by atoms with Gasteiger partial charge < -0.3 is 4.65 Å².